The number of nitrogens with zero attached hydrogens (tertiary/aromatic N) is 3. The van der Waals surface area contributed by atoms with Gasteiger partial charge in [-0.2, -0.15) is 0 Å². The molecule has 2 fully saturated rings. The Bertz CT molecular complexity index is 468. The van der Waals surface area contributed by atoms with Crippen LogP contribution in [0.1, 0.15) is 12.0 Å². The summed E-state index contributed by atoms with van der Waals surface area (Å²) in [5.41, 5.74) is 1.13. The van der Waals surface area contributed by atoms with Crippen LogP contribution in [0.5, 0.6) is 0 Å². The third-order valence-electron chi connectivity index (χ3n) is 4.47. The average molecular weight is 305 g/mol. The molecule has 2 aliphatic heterocycles. The van der Waals surface area contributed by atoms with Crippen molar-refractivity contribution in [3.8, 4) is 0 Å². The molecule has 5 nitrogen and oxygen atoms in total. The van der Waals surface area contributed by atoms with Gasteiger partial charge in [0.25, 0.3) is 0 Å². The fourth-order valence-electron chi connectivity index (χ4n) is 3.65. The van der Waals surface area contributed by atoms with Gasteiger partial charge in [-0.25, -0.2) is 0 Å². The van der Waals surface area contributed by atoms with Crippen LogP contribution in [0.4, 0.5) is 0 Å². The summed E-state index contributed by atoms with van der Waals surface area (Å²) in [5, 5.41) is 0. The lowest BCUT2D eigenvalue weighted by molar-refractivity contribution is -0.0563. The zero-order valence-corrected chi connectivity index (χ0v) is 13.7. The van der Waals surface area contributed by atoms with Gasteiger partial charge in [0.1, 0.15) is 5.60 Å². The first-order valence-corrected chi connectivity index (χ1v) is 8.13. The molecule has 0 aliphatic carbocycles. The van der Waals surface area contributed by atoms with Crippen LogP contribution in [0.25, 0.3) is 0 Å². The van der Waals surface area contributed by atoms with E-state index in [1.54, 1.807) is 0 Å². The van der Waals surface area contributed by atoms with Gasteiger partial charge in [0.2, 0.25) is 0 Å². The van der Waals surface area contributed by atoms with Gasteiger partial charge in [-0.3, -0.25) is 9.88 Å². The Morgan fingerprint density at radius 3 is 3.14 bits per heavy atom. The minimum atomic E-state index is -0.126. The normalized spacial score (nSPS) is 30.0. The van der Waals surface area contributed by atoms with Crippen molar-refractivity contribution in [3.63, 3.8) is 0 Å². The molecule has 22 heavy (non-hydrogen) atoms. The largest absolute Gasteiger partial charge is 0.377 e. The van der Waals surface area contributed by atoms with Crippen molar-refractivity contribution in [2.45, 2.75) is 18.6 Å². The number of pyridine rings is 1. The Kier molecular flexibility index (Phi) is 5.08. The first-order chi connectivity index (χ1) is 10.7. The van der Waals surface area contributed by atoms with Gasteiger partial charge in [0.15, 0.2) is 0 Å². The van der Waals surface area contributed by atoms with E-state index in [2.05, 4.69) is 34.9 Å². The predicted octanol–water partition coefficient (Wildman–Crippen LogP) is 1.25. The van der Waals surface area contributed by atoms with Gasteiger partial charge in [-0.15, -0.1) is 0 Å². The molecule has 0 radical (unpaired) electrons. The number of hydrogen-bond donors (Lipinski definition) is 0. The van der Waals surface area contributed by atoms with Gasteiger partial charge in [-0.1, -0.05) is 6.07 Å². The topological polar surface area (TPSA) is 37.8 Å². The van der Waals surface area contributed by atoms with E-state index in [-0.39, 0.29) is 5.60 Å². The van der Waals surface area contributed by atoms with Crippen LogP contribution in [0.3, 0.4) is 0 Å². The Morgan fingerprint density at radius 2 is 2.36 bits per heavy atom. The molecule has 0 N–H and O–H groups in total. The molecular formula is C17H27N3O2. The Morgan fingerprint density at radius 1 is 1.45 bits per heavy atom. The molecule has 1 aromatic rings. The lowest BCUT2D eigenvalue weighted by Gasteiger charge is -2.31. The van der Waals surface area contributed by atoms with Gasteiger partial charge in [0.05, 0.1) is 19.8 Å². The van der Waals surface area contributed by atoms with Gasteiger partial charge in [0, 0.05) is 38.6 Å². The van der Waals surface area contributed by atoms with E-state index in [1.165, 1.54) is 5.56 Å². The van der Waals surface area contributed by atoms with E-state index in [1.807, 2.05) is 18.5 Å². The molecular weight excluding hydrogens is 278 g/mol. The summed E-state index contributed by atoms with van der Waals surface area (Å²) in [6.07, 6.45) is 4.86. The van der Waals surface area contributed by atoms with E-state index >= 15 is 0 Å². The predicted molar refractivity (Wildman–Crippen MR) is 85.7 cm³/mol. The molecule has 1 spiro atoms. The van der Waals surface area contributed by atoms with E-state index in [0.717, 1.165) is 52.4 Å². The number of ether oxygens (including phenoxy) is 2. The molecule has 2 atom stereocenters. The SMILES string of the molecule is CN(C)C[C@@H]1CO[C@@]2(COCCN(Cc3cccnc3)C2)C1. The first-order valence-electron chi connectivity index (χ1n) is 8.13. The highest BCUT2D eigenvalue weighted by atomic mass is 16.5. The molecule has 122 valence electrons. The van der Waals surface area contributed by atoms with E-state index in [9.17, 15) is 0 Å². The molecule has 3 rings (SSSR count). The van der Waals surface area contributed by atoms with E-state index in [0.29, 0.717) is 5.92 Å². The summed E-state index contributed by atoms with van der Waals surface area (Å²) < 4.78 is 12.1. The highest BCUT2D eigenvalue weighted by molar-refractivity contribution is 5.08. The highest BCUT2D eigenvalue weighted by Gasteiger charge is 2.43. The fourth-order valence-corrected chi connectivity index (χ4v) is 3.65. The first kappa shape index (κ1) is 15.9. The number of hydrogen-bond acceptors (Lipinski definition) is 5. The van der Waals surface area contributed by atoms with Gasteiger partial charge in [-0.05, 0) is 38.1 Å². The van der Waals surface area contributed by atoms with Crippen LogP contribution in [-0.2, 0) is 16.0 Å². The maximum absolute atomic E-state index is 6.23. The summed E-state index contributed by atoms with van der Waals surface area (Å²) >= 11 is 0. The maximum atomic E-state index is 6.23. The average Bonchev–Trinajstić information content (AvgIpc) is 2.75. The second-order valence-corrected chi connectivity index (χ2v) is 6.95. The van der Waals surface area contributed by atoms with Gasteiger partial charge < -0.3 is 14.4 Å². The molecule has 0 bridgehead atoms. The van der Waals surface area contributed by atoms with Crippen LogP contribution in [-0.4, -0.2) is 73.9 Å². The maximum Gasteiger partial charge on any atom is 0.104 e. The Balaban J connectivity index is 1.63. The Labute approximate surface area is 133 Å². The molecule has 0 aromatic carbocycles. The van der Waals surface area contributed by atoms with Crippen molar-refractivity contribution in [2.75, 3.05) is 53.6 Å². The third kappa shape index (κ3) is 4.04. The van der Waals surface area contributed by atoms with Crippen molar-refractivity contribution in [3.05, 3.63) is 30.1 Å². The molecule has 3 heterocycles. The third-order valence-corrected chi connectivity index (χ3v) is 4.47. The highest BCUT2D eigenvalue weighted by Crippen LogP contribution is 2.33. The standard InChI is InChI=1S/C17H27N3O2/c1-19(2)10-16-8-17(22-12-16)13-20(6-7-21-14-17)11-15-4-3-5-18-9-15/h3-5,9,16H,6-8,10-14H2,1-2H3/t16-,17+/m1/s1. The zero-order chi connectivity index (χ0) is 15.4. The number of rotatable bonds is 4. The molecule has 0 saturated carbocycles. The van der Waals surface area contributed by atoms with Crippen LogP contribution < -0.4 is 0 Å². The second kappa shape index (κ2) is 7.04. The monoisotopic (exact) mass is 305 g/mol. The molecule has 1 aromatic heterocycles. The van der Waals surface area contributed by atoms with Crippen LogP contribution >= 0.6 is 0 Å². The van der Waals surface area contributed by atoms with Crippen LogP contribution in [0.2, 0.25) is 0 Å². The van der Waals surface area contributed by atoms with E-state index < -0.39 is 0 Å². The summed E-state index contributed by atoms with van der Waals surface area (Å²) in [5.74, 6) is 0.608. The lowest BCUT2D eigenvalue weighted by atomic mass is 9.94. The number of aromatic nitrogens is 1. The van der Waals surface area contributed by atoms with Crippen molar-refractivity contribution in [1.29, 1.82) is 0 Å². The van der Waals surface area contributed by atoms with E-state index in [4.69, 9.17) is 9.47 Å². The minimum Gasteiger partial charge on any atom is -0.377 e. The summed E-state index contributed by atoms with van der Waals surface area (Å²) in [7, 11) is 4.26. The smallest absolute Gasteiger partial charge is 0.104 e. The minimum absolute atomic E-state index is 0.126. The van der Waals surface area contributed by atoms with Crippen molar-refractivity contribution in [2.24, 2.45) is 5.92 Å². The quantitative estimate of drug-likeness (QED) is 0.837. The van der Waals surface area contributed by atoms with Crippen molar-refractivity contribution in [1.82, 2.24) is 14.8 Å². The summed E-state index contributed by atoms with van der Waals surface area (Å²) in [4.78, 5) is 8.91. The molecule has 0 unspecified atom stereocenters. The van der Waals surface area contributed by atoms with Crippen LogP contribution in [0, 0.1) is 5.92 Å². The van der Waals surface area contributed by atoms with Gasteiger partial charge >= 0.3 is 0 Å². The molecule has 2 aliphatic rings. The van der Waals surface area contributed by atoms with Crippen LogP contribution in [0.15, 0.2) is 24.5 Å². The Hall–Kier alpha value is -1.01. The summed E-state index contributed by atoms with van der Waals surface area (Å²) in [6, 6.07) is 4.13. The molecule has 5 heteroatoms. The fraction of sp³-hybridized carbons (Fsp3) is 0.706. The summed E-state index contributed by atoms with van der Waals surface area (Å²) in [6.45, 7) is 6.27. The second-order valence-electron chi connectivity index (χ2n) is 6.95. The zero-order valence-electron chi connectivity index (χ0n) is 13.7. The van der Waals surface area contributed by atoms with Crippen molar-refractivity contribution >= 4 is 0 Å². The van der Waals surface area contributed by atoms with Crippen molar-refractivity contribution < 1.29 is 9.47 Å². The molecule has 0 amide bonds. The molecule has 2 saturated heterocycles. The lowest BCUT2D eigenvalue weighted by Crippen LogP contribution is -2.44.